The molecule has 2 fully saturated rings. The van der Waals surface area contributed by atoms with Crippen molar-refractivity contribution in [1.29, 1.82) is 0 Å². The fraction of sp³-hybridized carbons (Fsp3) is 0.667. The predicted molar refractivity (Wildman–Crippen MR) is 82.8 cm³/mol. The number of hydrogen-bond donors (Lipinski definition) is 1. The molecule has 0 heterocycles. The molecule has 2 nitrogen and oxygen atoms in total. The predicted octanol–water partition coefficient (Wildman–Crippen LogP) is 4.14. The number of fused-ring (bicyclic) bond motifs is 2. The molecule has 2 aliphatic carbocycles. The van der Waals surface area contributed by atoms with Crippen molar-refractivity contribution in [2.24, 2.45) is 16.7 Å². The van der Waals surface area contributed by atoms with Gasteiger partial charge in [0, 0.05) is 24.2 Å². The van der Waals surface area contributed by atoms with Crippen LogP contribution in [0.1, 0.15) is 45.6 Å². The Labute approximate surface area is 127 Å². The lowest BCUT2D eigenvalue weighted by atomic mass is 9.68. The van der Waals surface area contributed by atoms with Gasteiger partial charge in [-0.05, 0) is 42.1 Å². The average Bonchev–Trinajstić information content (AvgIpc) is 2.91. The van der Waals surface area contributed by atoms with Crippen LogP contribution in [0.2, 0.25) is 0 Å². The summed E-state index contributed by atoms with van der Waals surface area (Å²) in [4.78, 5) is 0. The van der Waals surface area contributed by atoms with Crippen molar-refractivity contribution in [3.8, 4) is 5.75 Å². The molecule has 0 saturated heterocycles. The lowest BCUT2D eigenvalue weighted by molar-refractivity contribution is 0.107. The van der Waals surface area contributed by atoms with Crippen LogP contribution < -0.4 is 10.1 Å². The van der Waals surface area contributed by atoms with Crippen LogP contribution in [0.25, 0.3) is 0 Å². The van der Waals surface area contributed by atoms with Crippen molar-refractivity contribution < 1.29 is 9.13 Å². The van der Waals surface area contributed by atoms with Crippen LogP contribution in [-0.2, 0) is 6.54 Å². The summed E-state index contributed by atoms with van der Waals surface area (Å²) in [5.74, 6) is 1.19. The van der Waals surface area contributed by atoms with E-state index in [2.05, 4.69) is 26.1 Å². The average molecular weight is 291 g/mol. The molecule has 2 bridgehead atoms. The van der Waals surface area contributed by atoms with E-state index in [4.69, 9.17) is 4.74 Å². The summed E-state index contributed by atoms with van der Waals surface area (Å²) in [5, 5.41) is 3.66. The summed E-state index contributed by atoms with van der Waals surface area (Å²) in [6.07, 6.45) is 3.95. The van der Waals surface area contributed by atoms with Crippen molar-refractivity contribution >= 4 is 0 Å². The maximum atomic E-state index is 14.1. The lowest BCUT2D eigenvalue weighted by Crippen LogP contribution is -2.50. The Morgan fingerprint density at radius 3 is 2.67 bits per heavy atom. The molecule has 1 N–H and O–H groups in total. The first-order chi connectivity index (χ1) is 9.87. The fourth-order valence-electron chi connectivity index (χ4n) is 4.82. The van der Waals surface area contributed by atoms with Crippen molar-refractivity contribution in [2.75, 3.05) is 7.11 Å². The molecule has 3 atom stereocenters. The standard InChI is InChI=1S/C18H26FNO/c1-17(2)13-7-8-18(3,10-13)16(17)20-11-12-5-6-14(21-4)9-15(12)19/h5-6,9,13,16,20H,7-8,10-11H2,1-4H3. The summed E-state index contributed by atoms with van der Waals surface area (Å²) in [6, 6.07) is 5.58. The van der Waals surface area contributed by atoms with E-state index in [-0.39, 0.29) is 5.82 Å². The molecule has 21 heavy (non-hydrogen) atoms. The second kappa shape index (κ2) is 4.98. The highest BCUT2D eigenvalue weighted by Gasteiger charge is 2.58. The van der Waals surface area contributed by atoms with Gasteiger partial charge in [-0.3, -0.25) is 0 Å². The summed E-state index contributed by atoms with van der Waals surface area (Å²) in [7, 11) is 1.56. The lowest BCUT2D eigenvalue weighted by Gasteiger charge is -2.43. The smallest absolute Gasteiger partial charge is 0.131 e. The van der Waals surface area contributed by atoms with Crippen molar-refractivity contribution in [2.45, 2.75) is 52.6 Å². The van der Waals surface area contributed by atoms with Crippen molar-refractivity contribution in [3.05, 3.63) is 29.6 Å². The van der Waals surface area contributed by atoms with E-state index in [9.17, 15) is 4.39 Å². The van der Waals surface area contributed by atoms with Gasteiger partial charge in [-0.15, -0.1) is 0 Å². The Morgan fingerprint density at radius 2 is 2.10 bits per heavy atom. The molecule has 3 rings (SSSR count). The van der Waals surface area contributed by atoms with E-state index in [0.29, 0.717) is 29.2 Å². The first-order valence-corrected chi connectivity index (χ1v) is 7.92. The minimum Gasteiger partial charge on any atom is -0.497 e. The van der Waals surface area contributed by atoms with Gasteiger partial charge in [0.05, 0.1) is 7.11 Å². The molecule has 1 aromatic carbocycles. The van der Waals surface area contributed by atoms with Crippen LogP contribution in [-0.4, -0.2) is 13.2 Å². The van der Waals surface area contributed by atoms with Gasteiger partial charge >= 0.3 is 0 Å². The second-order valence-corrected chi connectivity index (χ2v) is 7.69. The third-order valence-electron chi connectivity index (χ3n) is 6.03. The zero-order valence-electron chi connectivity index (χ0n) is 13.5. The molecule has 3 heteroatoms. The number of hydrogen-bond acceptors (Lipinski definition) is 2. The molecule has 0 amide bonds. The Bertz CT molecular complexity index is 537. The fourth-order valence-corrected chi connectivity index (χ4v) is 4.82. The quantitative estimate of drug-likeness (QED) is 0.900. The van der Waals surface area contributed by atoms with E-state index >= 15 is 0 Å². The van der Waals surface area contributed by atoms with E-state index in [1.807, 2.05) is 12.1 Å². The van der Waals surface area contributed by atoms with Crippen LogP contribution in [0.15, 0.2) is 18.2 Å². The third-order valence-corrected chi connectivity index (χ3v) is 6.03. The number of rotatable bonds is 4. The van der Waals surface area contributed by atoms with Gasteiger partial charge < -0.3 is 10.1 Å². The Hall–Kier alpha value is -1.09. The van der Waals surface area contributed by atoms with E-state index in [0.717, 1.165) is 11.5 Å². The van der Waals surface area contributed by atoms with Crippen molar-refractivity contribution in [3.63, 3.8) is 0 Å². The molecular formula is C18H26FNO. The van der Waals surface area contributed by atoms with Crippen LogP contribution in [0.4, 0.5) is 4.39 Å². The first-order valence-electron chi connectivity index (χ1n) is 7.92. The van der Waals surface area contributed by atoms with Gasteiger partial charge in [0.15, 0.2) is 0 Å². The summed E-state index contributed by atoms with van der Waals surface area (Å²) >= 11 is 0. The summed E-state index contributed by atoms with van der Waals surface area (Å²) < 4.78 is 19.1. The van der Waals surface area contributed by atoms with Gasteiger partial charge in [0.1, 0.15) is 11.6 Å². The highest BCUT2D eigenvalue weighted by atomic mass is 19.1. The maximum Gasteiger partial charge on any atom is 0.131 e. The van der Waals surface area contributed by atoms with Gasteiger partial charge in [-0.1, -0.05) is 26.8 Å². The molecule has 2 saturated carbocycles. The summed E-state index contributed by atoms with van der Waals surface area (Å²) in [6.45, 7) is 7.71. The largest absolute Gasteiger partial charge is 0.497 e. The molecule has 2 aliphatic rings. The summed E-state index contributed by atoms with van der Waals surface area (Å²) in [5.41, 5.74) is 1.39. The zero-order chi connectivity index (χ0) is 15.3. The minimum absolute atomic E-state index is 0.187. The van der Waals surface area contributed by atoms with E-state index < -0.39 is 0 Å². The number of methoxy groups -OCH3 is 1. The topological polar surface area (TPSA) is 21.3 Å². The molecule has 3 unspecified atom stereocenters. The van der Waals surface area contributed by atoms with Crippen molar-refractivity contribution in [1.82, 2.24) is 5.32 Å². The SMILES string of the molecule is COc1ccc(CNC2C3(C)CCC(C3)C2(C)C)c(F)c1. The number of halogens is 1. The highest BCUT2D eigenvalue weighted by molar-refractivity contribution is 5.29. The van der Waals surface area contributed by atoms with Crippen LogP contribution in [0.3, 0.4) is 0 Å². The van der Waals surface area contributed by atoms with Gasteiger partial charge in [0.25, 0.3) is 0 Å². The maximum absolute atomic E-state index is 14.1. The number of nitrogens with one attached hydrogen (secondary N) is 1. The Balaban J connectivity index is 1.73. The Morgan fingerprint density at radius 1 is 1.33 bits per heavy atom. The second-order valence-electron chi connectivity index (χ2n) is 7.69. The van der Waals surface area contributed by atoms with Crippen LogP contribution >= 0.6 is 0 Å². The molecule has 0 aromatic heterocycles. The molecule has 116 valence electrons. The Kier molecular flexibility index (Phi) is 3.52. The molecule has 1 aromatic rings. The number of benzene rings is 1. The monoisotopic (exact) mass is 291 g/mol. The highest BCUT2D eigenvalue weighted by Crippen LogP contribution is 2.62. The van der Waals surface area contributed by atoms with Gasteiger partial charge in [0.2, 0.25) is 0 Å². The molecular weight excluding hydrogens is 265 g/mol. The molecule has 0 aliphatic heterocycles. The molecule has 0 radical (unpaired) electrons. The van der Waals surface area contributed by atoms with E-state index in [1.165, 1.54) is 25.3 Å². The number of ether oxygens (including phenoxy) is 1. The first kappa shape index (κ1) is 14.8. The third kappa shape index (κ3) is 2.36. The van der Waals surface area contributed by atoms with Crippen LogP contribution in [0, 0.1) is 22.6 Å². The van der Waals surface area contributed by atoms with Gasteiger partial charge in [-0.25, -0.2) is 4.39 Å². The molecule has 0 spiro atoms. The normalized spacial score (nSPS) is 33.4. The van der Waals surface area contributed by atoms with Gasteiger partial charge in [-0.2, -0.15) is 0 Å². The van der Waals surface area contributed by atoms with Crippen LogP contribution in [0.5, 0.6) is 5.75 Å². The zero-order valence-corrected chi connectivity index (χ0v) is 13.5. The minimum atomic E-state index is -0.187. The van der Waals surface area contributed by atoms with E-state index in [1.54, 1.807) is 7.11 Å².